The van der Waals surface area contributed by atoms with Crippen LogP contribution in [0.25, 0.3) is 11.5 Å². The first-order valence-corrected chi connectivity index (χ1v) is 9.54. The Kier molecular flexibility index (Phi) is 5.72. The molecule has 0 radical (unpaired) electrons. The first-order chi connectivity index (χ1) is 12.9. The van der Waals surface area contributed by atoms with Crippen LogP contribution in [0.5, 0.6) is 0 Å². The maximum atomic E-state index is 11.6. The number of aromatic nitrogens is 2. The number of rotatable bonds is 6. The van der Waals surface area contributed by atoms with Gasteiger partial charge in [0.1, 0.15) is 10.8 Å². The van der Waals surface area contributed by atoms with Crippen molar-refractivity contribution in [3.8, 4) is 11.5 Å². The summed E-state index contributed by atoms with van der Waals surface area (Å²) in [6, 6.07) is 7.24. The molecule has 0 saturated carbocycles. The molecule has 0 N–H and O–H groups in total. The van der Waals surface area contributed by atoms with Gasteiger partial charge >= 0.3 is 5.97 Å². The molecular weight excluding hydrogens is 362 g/mol. The average molecular weight is 385 g/mol. The van der Waals surface area contributed by atoms with Crippen LogP contribution in [-0.4, -0.2) is 35.0 Å². The van der Waals surface area contributed by atoms with Gasteiger partial charge in [-0.15, -0.1) is 11.3 Å². The fourth-order valence-electron chi connectivity index (χ4n) is 2.69. The fourth-order valence-corrected chi connectivity index (χ4v) is 3.61. The monoisotopic (exact) mass is 385 g/mol. The molecule has 6 nitrogen and oxygen atoms in total. The van der Waals surface area contributed by atoms with Gasteiger partial charge in [-0.1, -0.05) is 0 Å². The zero-order valence-electron chi connectivity index (χ0n) is 16.1. The third-order valence-electron chi connectivity index (χ3n) is 4.50. The van der Waals surface area contributed by atoms with E-state index < -0.39 is 0 Å². The van der Waals surface area contributed by atoms with Crippen LogP contribution < -0.4 is 0 Å². The number of hydrogen-bond donors (Lipinski definition) is 0. The van der Waals surface area contributed by atoms with E-state index in [1.165, 1.54) is 7.11 Å². The number of ether oxygens (including phenoxy) is 1. The van der Waals surface area contributed by atoms with Gasteiger partial charge in [0.25, 0.3) is 0 Å². The Morgan fingerprint density at radius 1 is 1.26 bits per heavy atom. The Morgan fingerprint density at radius 3 is 2.56 bits per heavy atom. The Bertz CT molecular complexity index is 930. The summed E-state index contributed by atoms with van der Waals surface area (Å²) in [5, 5.41) is 3.16. The minimum Gasteiger partial charge on any atom is -0.465 e. The highest BCUT2D eigenvalue weighted by molar-refractivity contribution is 7.09. The second-order valence-electron chi connectivity index (χ2n) is 6.51. The molecule has 27 heavy (non-hydrogen) atoms. The molecule has 0 unspecified atom stereocenters. The number of oxazole rings is 1. The van der Waals surface area contributed by atoms with Gasteiger partial charge in [-0.05, 0) is 52.1 Å². The maximum absolute atomic E-state index is 11.6. The number of thiazole rings is 1. The molecule has 0 aliphatic carbocycles. The zero-order chi connectivity index (χ0) is 19.6. The predicted octanol–water partition coefficient (Wildman–Crippen LogP) is 4.39. The van der Waals surface area contributed by atoms with Gasteiger partial charge in [0.05, 0.1) is 24.4 Å². The van der Waals surface area contributed by atoms with Gasteiger partial charge in [-0.25, -0.2) is 14.8 Å². The summed E-state index contributed by atoms with van der Waals surface area (Å²) in [4.78, 5) is 23.0. The van der Waals surface area contributed by atoms with E-state index in [2.05, 4.69) is 34.2 Å². The quantitative estimate of drug-likeness (QED) is 0.586. The summed E-state index contributed by atoms with van der Waals surface area (Å²) in [6.07, 6.45) is 0. The van der Waals surface area contributed by atoms with Crippen LogP contribution in [0.15, 0.2) is 34.1 Å². The van der Waals surface area contributed by atoms with Crippen LogP contribution in [-0.2, 0) is 11.3 Å². The number of methoxy groups -OCH3 is 1. The number of carbonyl (C=O) groups excluding carboxylic acids is 1. The van der Waals surface area contributed by atoms with Crippen LogP contribution in [0.4, 0.5) is 0 Å². The van der Waals surface area contributed by atoms with Gasteiger partial charge in [-0.3, -0.25) is 4.90 Å². The first kappa shape index (κ1) is 19.3. The standard InChI is InChI=1S/C20H23N3O3S/c1-12-11-27-19(21-12)13(2)23(4)10-17-14(3)26-18(22-17)15-6-8-16(9-7-15)20(24)25-5/h6-9,11,13H,10H2,1-5H3/t13-/m0/s1. The Labute approximate surface area is 162 Å². The minimum absolute atomic E-state index is 0.197. The number of aryl methyl sites for hydroxylation is 2. The highest BCUT2D eigenvalue weighted by Crippen LogP contribution is 2.27. The lowest BCUT2D eigenvalue weighted by Gasteiger charge is -2.21. The summed E-state index contributed by atoms with van der Waals surface area (Å²) in [6.45, 7) is 6.72. The second kappa shape index (κ2) is 8.02. The minimum atomic E-state index is -0.362. The zero-order valence-corrected chi connectivity index (χ0v) is 17.0. The van der Waals surface area contributed by atoms with E-state index in [-0.39, 0.29) is 12.0 Å². The molecule has 1 aromatic carbocycles. The topological polar surface area (TPSA) is 68.5 Å². The van der Waals surface area contributed by atoms with Crippen molar-refractivity contribution in [1.82, 2.24) is 14.9 Å². The molecule has 0 fully saturated rings. The first-order valence-electron chi connectivity index (χ1n) is 8.66. The van der Waals surface area contributed by atoms with Gasteiger partial charge in [-0.2, -0.15) is 0 Å². The molecule has 2 aromatic heterocycles. The molecule has 3 rings (SSSR count). The van der Waals surface area contributed by atoms with Crippen molar-refractivity contribution in [2.24, 2.45) is 0 Å². The number of nitrogens with zero attached hydrogens (tertiary/aromatic N) is 3. The van der Waals surface area contributed by atoms with E-state index in [9.17, 15) is 4.79 Å². The molecule has 0 aliphatic heterocycles. The van der Waals surface area contributed by atoms with Crippen LogP contribution in [0.1, 0.15) is 45.5 Å². The molecule has 0 spiro atoms. The van der Waals surface area contributed by atoms with E-state index in [1.54, 1.807) is 23.5 Å². The molecule has 0 saturated heterocycles. The molecule has 7 heteroatoms. The van der Waals surface area contributed by atoms with Crippen LogP contribution in [0, 0.1) is 13.8 Å². The second-order valence-corrected chi connectivity index (χ2v) is 7.40. The van der Waals surface area contributed by atoms with E-state index >= 15 is 0 Å². The van der Waals surface area contributed by atoms with Crippen LogP contribution in [0.3, 0.4) is 0 Å². The smallest absolute Gasteiger partial charge is 0.337 e. The van der Waals surface area contributed by atoms with E-state index in [0.717, 1.165) is 27.7 Å². The molecular formula is C20H23N3O3S. The van der Waals surface area contributed by atoms with Crippen molar-refractivity contribution in [2.45, 2.75) is 33.4 Å². The predicted molar refractivity (Wildman–Crippen MR) is 105 cm³/mol. The number of benzene rings is 1. The number of carbonyl (C=O) groups is 1. The molecule has 3 aromatic rings. The van der Waals surface area contributed by atoms with Crippen molar-refractivity contribution < 1.29 is 13.9 Å². The molecule has 0 aliphatic rings. The molecule has 0 bridgehead atoms. The largest absolute Gasteiger partial charge is 0.465 e. The SMILES string of the molecule is COC(=O)c1ccc(-c2nc(CN(C)[C@@H](C)c3nc(C)cs3)c(C)o2)cc1. The molecule has 1 atom stereocenters. The summed E-state index contributed by atoms with van der Waals surface area (Å²) in [7, 11) is 3.42. The lowest BCUT2D eigenvalue weighted by Crippen LogP contribution is -2.22. The average Bonchev–Trinajstić information content (AvgIpc) is 3.26. The lowest BCUT2D eigenvalue weighted by molar-refractivity contribution is 0.0600. The number of esters is 1. The van der Waals surface area contributed by atoms with Crippen molar-refractivity contribution >= 4 is 17.3 Å². The Hall–Kier alpha value is -2.51. The van der Waals surface area contributed by atoms with Crippen molar-refractivity contribution in [2.75, 3.05) is 14.2 Å². The maximum Gasteiger partial charge on any atom is 0.337 e. The molecule has 142 valence electrons. The Morgan fingerprint density at radius 2 is 1.96 bits per heavy atom. The van der Waals surface area contributed by atoms with Gasteiger partial charge in [0.15, 0.2) is 0 Å². The van der Waals surface area contributed by atoms with E-state index in [0.29, 0.717) is 18.0 Å². The number of hydrogen-bond acceptors (Lipinski definition) is 7. The lowest BCUT2D eigenvalue weighted by atomic mass is 10.1. The summed E-state index contributed by atoms with van der Waals surface area (Å²) in [5.41, 5.74) is 3.26. The summed E-state index contributed by atoms with van der Waals surface area (Å²) >= 11 is 1.67. The fraction of sp³-hybridized carbons (Fsp3) is 0.350. The van der Waals surface area contributed by atoms with Crippen molar-refractivity contribution in [1.29, 1.82) is 0 Å². The highest BCUT2D eigenvalue weighted by atomic mass is 32.1. The summed E-state index contributed by atoms with van der Waals surface area (Å²) < 4.78 is 10.6. The summed E-state index contributed by atoms with van der Waals surface area (Å²) in [5.74, 6) is 0.973. The Balaban J connectivity index is 1.75. The third kappa shape index (κ3) is 4.26. The van der Waals surface area contributed by atoms with Crippen LogP contribution in [0.2, 0.25) is 0 Å². The van der Waals surface area contributed by atoms with E-state index in [4.69, 9.17) is 9.15 Å². The van der Waals surface area contributed by atoms with Crippen molar-refractivity contribution in [3.63, 3.8) is 0 Å². The van der Waals surface area contributed by atoms with Crippen LogP contribution >= 0.6 is 11.3 Å². The molecule has 0 amide bonds. The third-order valence-corrected chi connectivity index (χ3v) is 5.63. The van der Waals surface area contributed by atoms with Gasteiger partial charge < -0.3 is 9.15 Å². The molecule has 2 heterocycles. The van der Waals surface area contributed by atoms with Crippen molar-refractivity contribution in [3.05, 3.63) is 57.4 Å². The highest BCUT2D eigenvalue weighted by Gasteiger charge is 2.19. The van der Waals surface area contributed by atoms with E-state index in [1.807, 2.05) is 26.0 Å². The van der Waals surface area contributed by atoms with Gasteiger partial charge in [0.2, 0.25) is 5.89 Å². The van der Waals surface area contributed by atoms with Gasteiger partial charge in [0, 0.05) is 23.2 Å². The normalized spacial score (nSPS) is 12.4.